The molecule has 3 nitrogen and oxygen atoms in total. The van der Waals surface area contributed by atoms with Crippen molar-refractivity contribution in [1.29, 1.82) is 0 Å². The topological polar surface area (TPSA) is 55.1 Å². The first-order chi connectivity index (χ1) is 8.54. The molecule has 1 amide bonds. The number of rotatable bonds is 6. The lowest BCUT2D eigenvalue weighted by Crippen LogP contribution is -2.57. The highest BCUT2D eigenvalue weighted by Gasteiger charge is 2.38. The summed E-state index contributed by atoms with van der Waals surface area (Å²) >= 11 is 0. The normalized spacial score (nSPS) is 30.7. The minimum absolute atomic E-state index is 0.153. The third-order valence-corrected chi connectivity index (χ3v) is 4.50. The van der Waals surface area contributed by atoms with Crippen LogP contribution < -0.4 is 11.1 Å². The first kappa shape index (κ1) is 15.5. The zero-order chi connectivity index (χ0) is 13.6. The van der Waals surface area contributed by atoms with Crippen molar-refractivity contribution < 1.29 is 4.79 Å². The van der Waals surface area contributed by atoms with Gasteiger partial charge >= 0.3 is 0 Å². The number of hydrogen-bond acceptors (Lipinski definition) is 2. The largest absolute Gasteiger partial charge is 0.368 e. The second-order valence-electron chi connectivity index (χ2n) is 5.99. The Balaban J connectivity index is 2.70. The van der Waals surface area contributed by atoms with E-state index in [9.17, 15) is 4.79 Å². The van der Waals surface area contributed by atoms with Gasteiger partial charge < -0.3 is 11.1 Å². The van der Waals surface area contributed by atoms with Crippen LogP contribution in [-0.4, -0.2) is 17.5 Å². The Bertz CT molecular complexity index is 267. The van der Waals surface area contributed by atoms with Gasteiger partial charge in [0.1, 0.15) is 0 Å². The number of hydrogen-bond donors (Lipinski definition) is 2. The van der Waals surface area contributed by atoms with Crippen molar-refractivity contribution in [3.05, 3.63) is 0 Å². The molecule has 0 saturated heterocycles. The van der Waals surface area contributed by atoms with E-state index in [1.54, 1.807) is 0 Å². The van der Waals surface area contributed by atoms with Gasteiger partial charge in [0.15, 0.2) is 0 Å². The van der Waals surface area contributed by atoms with E-state index in [-0.39, 0.29) is 5.91 Å². The van der Waals surface area contributed by atoms with Gasteiger partial charge in [-0.15, -0.1) is 0 Å². The maximum Gasteiger partial charge on any atom is 0.237 e. The quantitative estimate of drug-likeness (QED) is 0.716. The zero-order valence-electron chi connectivity index (χ0n) is 12.3. The maximum atomic E-state index is 11.9. The van der Waals surface area contributed by atoms with E-state index >= 15 is 0 Å². The van der Waals surface area contributed by atoms with Crippen molar-refractivity contribution >= 4 is 5.91 Å². The summed E-state index contributed by atoms with van der Waals surface area (Å²) < 4.78 is 0. The summed E-state index contributed by atoms with van der Waals surface area (Å²) in [5.74, 6) is 0.634. The fourth-order valence-electron chi connectivity index (χ4n) is 3.14. The van der Waals surface area contributed by atoms with Gasteiger partial charge in [0.25, 0.3) is 0 Å². The van der Waals surface area contributed by atoms with Crippen LogP contribution in [0, 0.1) is 5.92 Å². The summed E-state index contributed by atoms with van der Waals surface area (Å²) in [6.45, 7) is 6.52. The molecule has 0 aromatic heterocycles. The van der Waals surface area contributed by atoms with E-state index < -0.39 is 5.54 Å². The van der Waals surface area contributed by atoms with Crippen LogP contribution in [-0.2, 0) is 4.79 Å². The van der Waals surface area contributed by atoms with Crippen molar-refractivity contribution in [3.8, 4) is 0 Å². The zero-order valence-corrected chi connectivity index (χ0v) is 12.3. The highest BCUT2D eigenvalue weighted by atomic mass is 16.1. The average molecular weight is 254 g/mol. The van der Waals surface area contributed by atoms with E-state index in [1.807, 2.05) is 0 Å². The molecule has 0 heterocycles. The van der Waals surface area contributed by atoms with Gasteiger partial charge in [-0.3, -0.25) is 4.79 Å². The van der Waals surface area contributed by atoms with E-state index in [1.165, 1.54) is 19.3 Å². The predicted octanol–water partition coefficient (Wildman–Crippen LogP) is 2.98. The Morgan fingerprint density at radius 3 is 2.67 bits per heavy atom. The van der Waals surface area contributed by atoms with Gasteiger partial charge in [-0.2, -0.15) is 0 Å². The Kier molecular flexibility index (Phi) is 6.13. The summed E-state index contributed by atoms with van der Waals surface area (Å²) in [4.78, 5) is 11.9. The van der Waals surface area contributed by atoms with Crippen molar-refractivity contribution in [2.75, 3.05) is 0 Å². The van der Waals surface area contributed by atoms with Gasteiger partial charge in [-0.05, 0) is 38.5 Å². The Morgan fingerprint density at radius 2 is 2.11 bits per heavy atom. The number of nitrogens with two attached hydrogens (primary N) is 1. The molecule has 18 heavy (non-hydrogen) atoms. The van der Waals surface area contributed by atoms with Crippen LogP contribution in [0.5, 0.6) is 0 Å². The van der Waals surface area contributed by atoms with Crippen LogP contribution in [0.2, 0.25) is 0 Å². The lowest BCUT2D eigenvalue weighted by atomic mass is 9.87. The molecule has 0 bridgehead atoms. The fraction of sp³-hybridized carbons (Fsp3) is 0.933. The molecule has 1 saturated carbocycles. The lowest BCUT2D eigenvalue weighted by Gasteiger charge is -2.33. The van der Waals surface area contributed by atoms with Crippen LogP contribution in [0.4, 0.5) is 0 Å². The molecule has 1 fully saturated rings. The third-order valence-electron chi connectivity index (χ3n) is 4.50. The Hall–Kier alpha value is -0.570. The van der Waals surface area contributed by atoms with Crippen molar-refractivity contribution in [2.24, 2.45) is 11.7 Å². The maximum absolute atomic E-state index is 11.9. The van der Waals surface area contributed by atoms with Crippen LogP contribution in [0.15, 0.2) is 0 Å². The first-order valence-corrected chi connectivity index (χ1v) is 7.61. The fourth-order valence-corrected chi connectivity index (χ4v) is 3.14. The van der Waals surface area contributed by atoms with E-state index in [4.69, 9.17) is 5.73 Å². The molecule has 3 N–H and O–H groups in total. The van der Waals surface area contributed by atoms with Crippen LogP contribution in [0.25, 0.3) is 0 Å². The molecule has 0 aliphatic heterocycles. The molecule has 106 valence electrons. The highest BCUT2D eigenvalue weighted by molar-refractivity contribution is 5.84. The van der Waals surface area contributed by atoms with Gasteiger partial charge in [0.2, 0.25) is 5.91 Å². The number of carbonyl (C=O) groups excluding carboxylic acids is 1. The third kappa shape index (κ3) is 3.98. The first-order valence-electron chi connectivity index (χ1n) is 7.61. The molecule has 0 radical (unpaired) electrons. The summed E-state index contributed by atoms with van der Waals surface area (Å²) in [7, 11) is 0. The molecule has 3 atom stereocenters. The molecule has 0 spiro atoms. The van der Waals surface area contributed by atoms with Crippen molar-refractivity contribution in [3.63, 3.8) is 0 Å². The molecule has 1 aliphatic rings. The molecule has 0 aromatic carbocycles. The van der Waals surface area contributed by atoms with Crippen LogP contribution >= 0.6 is 0 Å². The van der Waals surface area contributed by atoms with Gasteiger partial charge in [-0.1, -0.05) is 39.5 Å². The monoisotopic (exact) mass is 254 g/mol. The number of nitrogens with one attached hydrogen (secondary N) is 1. The summed E-state index contributed by atoms with van der Waals surface area (Å²) in [5, 5.41) is 3.51. The van der Waals surface area contributed by atoms with E-state index in [0.29, 0.717) is 6.04 Å². The minimum atomic E-state index is -0.447. The molecular formula is C15H30N2O. The molecule has 3 heteroatoms. The smallest absolute Gasteiger partial charge is 0.237 e. The minimum Gasteiger partial charge on any atom is -0.368 e. The Labute approximate surface area is 112 Å². The SMILES string of the molecule is CCCC1CCCC(NC(C)CC)(C(N)=O)CC1. The lowest BCUT2D eigenvalue weighted by molar-refractivity contribution is -0.125. The van der Waals surface area contributed by atoms with E-state index in [0.717, 1.165) is 38.0 Å². The van der Waals surface area contributed by atoms with Gasteiger partial charge in [0.05, 0.1) is 5.54 Å². The van der Waals surface area contributed by atoms with Crippen molar-refractivity contribution in [1.82, 2.24) is 5.32 Å². The molecule has 1 rings (SSSR count). The predicted molar refractivity (Wildman–Crippen MR) is 76.3 cm³/mol. The number of carbonyl (C=O) groups is 1. The summed E-state index contributed by atoms with van der Waals surface area (Å²) in [6, 6.07) is 0.361. The van der Waals surface area contributed by atoms with Gasteiger partial charge in [0, 0.05) is 6.04 Å². The molecule has 0 aromatic rings. The second kappa shape index (κ2) is 7.13. The summed E-state index contributed by atoms with van der Waals surface area (Å²) in [6.07, 6.45) is 8.91. The summed E-state index contributed by atoms with van der Waals surface area (Å²) in [5.41, 5.74) is 5.25. The van der Waals surface area contributed by atoms with Crippen LogP contribution in [0.3, 0.4) is 0 Å². The van der Waals surface area contributed by atoms with Gasteiger partial charge in [-0.25, -0.2) is 0 Å². The van der Waals surface area contributed by atoms with Crippen molar-refractivity contribution in [2.45, 2.75) is 83.7 Å². The standard InChI is InChI=1S/C15H30N2O/c1-4-7-13-8-6-10-15(11-9-13,14(16)18)17-12(3)5-2/h12-13,17H,4-11H2,1-3H3,(H2,16,18). The number of primary amides is 1. The second-order valence-corrected chi connectivity index (χ2v) is 5.99. The molecule has 1 aliphatic carbocycles. The van der Waals surface area contributed by atoms with E-state index in [2.05, 4.69) is 26.1 Å². The Morgan fingerprint density at radius 1 is 1.39 bits per heavy atom. The van der Waals surface area contributed by atoms with Crippen LogP contribution in [0.1, 0.15) is 72.1 Å². The highest BCUT2D eigenvalue weighted by Crippen LogP contribution is 2.33. The molecular weight excluding hydrogens is 224 g/mol. The number of amides is 1. The molecule has 3 unspecified atom stereocenters. The average Bonchev–Trinajstić information content (AvgIpc) is 2.53.